The topological polar surface area (TPSA) is 88.6 Å². The largest absolute Gasteiger partial charge is 0.481 e. The molecule has 1 aliphatic heterocycles. The Hall–Kier alpha value is -2.57. The van der Waals surface area contributed by atoms with Gasteiger partial charge in [0.15, 0.2) is 5.82 Å². The lowest BCUT2D eigenvalue weighted by molar-refractivity contribution is -0.139. The number of aliphatic carboxylic acids is 1. The van der Waals surface area contributed by atoms with Crippen LogP contribution in [-0.4, -0.2) is 44.7 Å². The first-order valence-electron chi connectivity index (χ1n) is 8.97. The number of carbonyl (C=O) groups is 2. The number of carbonyl (C=O) groups excluding carboxylic acids is 1. The van der Waals surface area contributed by atoms with Gasteiger partial charge in [0.25, 0.3) is 5.91 Å². The van der Waals surface area contributed by atoms with Crippen LogP contribution in [0.1, 0.15) is 46.8 Å². The van der Waals surface area contributed by atoms with E-state index in [1.165, 1.54) is 0 Å². The van der Waals surface area contributed by atoms with Crippen molar-refractivity contribution in [2.24, 2.45) is 11.3 Å². The van der Waals surface area contributed by atoms with Crippen molar-refractivity contribution in [2.45, 2.75) is 40.0 Å². The zero-order valence-corrected chi connectivity index (χ0v) is 15.3. The van der Waals surface area contributed by atoms with Gasteiger partial charge in [0, 0.05) is 30.5 Å². The molecule has 1 unspecified atom stereocenters. The molecule has 2 aromatic heterocycles. The maximum absolute atomic E-state index is 13.0. The molecule has 1 saturated carbocycles. The SMILES string of the molecule is Cc1cc(-n2c(C)cc(C(=O)N3CCC4(CC3)CC4C(=O)O)c2C)no1. The molecule has 1 amide bonds. The van der Waals surface area contributed by atoms with Gasteiger partial charge >= 0.3 is 5.97 Å². The standard InChI is InChI=1S/C19H23N3O4/c1-11-8-14(13(3)22(11)16-9-12(2)26-20-16)17(23)21-6-4-19(5-7-21)10-15(19)18(24)25/h8-9,15H,4-7,10H2,1-3H3,(H,24,25). The number of hydrogen-bond donors (Lipinski definition) is 1. The van der Waals surface area contributed by atoms with E-state index in [0.29, 0.717) is 24.5 Å². The van der Waals surface area contributed by atoms with Crippen molar-refractivity contribution in [1.29, 1.82) is 0 Å². The molecular formula is C19H23N3O4. The highest BCUT2D eigenvalue weighted by atomic mass is 16.5. The minimum absolute atomic E-state index is 0.00643. The van der Waals surface area contributed by atoms with Gasteiger partial charge in [-0.2, -0.15) is 0 Å². The van der Waals surface area contributed by atoms with E-state index in [2.05, 4.69) is 5.16 Å². The Morgan fingerprint density at radius 2 is 1.92 bits per heavy atom. The summed E-state index contributed by atoms with van der Waals surface area (Å²) in [6.07, 6.45) is 2.30. The maximum atomic E-state index is 13.0. The smallest absolute Gasteiger partial charge is 0.307 e. The van der Waals surface area contributed by atoms with Gasteiger partial charge in [-0.1, -0.05) is 5.16 Å². The summed E-state index contributed by atoms with van der Waals surface area (Å²) in [5, 5.41) is 13.3. The van der Waals surface area contributed by atoms with Crippen molar-refractivity contribution in [2.75, 3.05) is 13.1 Å². The minimum Gasteiger partial charge on any atom is -0.481 e. The first kappa shape index (κ1) is 16.9. The van der Waals surface area contributed by atoms with Crippen molar-refractivity contribution in [1.82, 2.24) is 14.6 Å². The quantitative estimate of drug-likeness (QED) is 0.912. The van der Waals surface area contributed by atoms with E-state index in [9.17, 15) is 14.7 Å². The lowest BCUT2D eigenvalue weighted by atomic mass is 9.90. The molecule has 1 N–H and O–H groups in total. The first-order valence-corrected chi connectivity index (χ1v) is 8.97. The third kappa shape index (κ3) is 2.53. The normalized spacial score (nSPS) is 21.2. The van der Waals surface area contributed by atoms with E-state index in [4.69, 9.17) is 4.52 Å². The van der Waals surface area contributed by atoms with Gasteiger partial charge in [-0.05, 0) is 51.5 Å². The van der Waals surface area contributed by atoms with Crippen LogP contribution in [-0.2, 0) is 4.79 Å². The molecule has 1 saturated heterocycles. The van der Waals surface area contributed by atoms with Gasteiger partial charge in [0.1, 0.15) is 5.76 Å². The van der Waals surface area contributed by atoms with Gasteiger partial charge in [-0.15, -0.1) is 0 Å². The molecule has 0 bridgehead atoms. The molecule has 0 aromatic carbocycles. The van der Waals surface area contributed by atoms with Crippen LogP contribution >= 0.6 is 0 Å². The molecule has 3 heterocycles. The predicted octanol–water partition coefficient (Wildman–Crippen LogP) is 2.72. The van der Waals surface area contributed by atoms with Gasteiger partial charge in [-0.3, -0.25) is 14.2 Å². The Bertz CT molecular complexity index is 887. The van der Waals surface area contributed by atoms with Crippen LogP contribution in [0.4, 0.5) is 0 Å². The fourth-order valence-electron chi connectivity index (χ4n) is 4.37. The van der Waals surface area contributed by atoms with Crippen LogP contribution in [0.3, 0.4) is 0 Å². The third-order valence-corrected chi connectivity index (χ3v) is 6.04. The summed E-state index contributed by atoms with van der Waals surface area (Å²) >= 11 is 0. The Morgan fingerprint density at radius 3 is 2.46 bits per heavy atom. The molecule has 2 fully saturated rings. The van der Waals surface area contributed by atoms with E-state index in [-0.39, 0.29) is 17.2 Å². The van der Waals surface area contributed by atoms with Gasteiger partial charge in [-0.25, -0.2) is 0 Å². The van der Waals surface area contributed by atoms with Crippen LogP contribution in [0, 0.1) is 32.1 Å². The second-order valence-corrected chi connectivity index (χ2v) is 7.67. The number of likely N-dealkylation sites (tertiary alicyclic amines) is 1. The number of piperidine rings is 1. The zero-order valence-electron chi connectivity index (χ0n) is 15.3. The predicted molar refractivity (Wildman–Crippen MR) is 93.4 cm³/mol. The average molecular weight is 357 g/mol. The average Bonchev–Trinajstić information content (AvgIpc) is 2.99. The van der Waals surface area contributed by atoms with Crippen molar-refractivity contribution in [3.63, 3.8) is 0 Å². The third-order valence-electron chi connectivity index (χ3n) is 6.04. The monoisotopic (exact) mass is 357 g/mol. The first-order chi connectivity index (χ1) is 12.3. The molecule has 2 aromatic rings. The van der Waals surface area contributed by atoms with Crippen molar-refractivity contribution in [3.8, 4) is 5.82 Å². The fraction of sp³-hybridized carbons (Fsp3) is 0.526. The number of aromatic nitrogens is 2. The highest BCUT2D eigenvalue weighted by Crippen LogP contribution is 2.59. The molecule has 4 rings (SSSR count). The fourth-order valence-corrected chi connectivity index (χ4v) is 4.37. The second kappa shape index (κ2) is 5.72. The van der Waals surface area contributed by atoms with Crippen molar-refractivity contribution in [3.05, 3.63) is 34.8 Å². The molecule has 1 aliphatic carbocycles. The lowest BCUT2D eigenvalue weighted by Gasteiger charge is -2.32. The number of amides is 1. The number of carboxylic acid groups (broad SMARTS) is 1. The molecule has 26 heavy (non-hydrogen) atoms. The molecule has 1 atom stereocenters. The van der Waals surface area contributed by atoms with Crippen molar-refractivity contribution >= 4 is 11.9 Å². The Balaban J connectivity index is 1.52. The molecule has 0 radical (unpaired) electrons. The van der Waals surface area contributed by atoms with Crippen LogP contribution in [0.15, 0.2) is 16.7 Å². The summed E-state index contributed by atoms with van der Waals surface area (Å²) in [6.45, 7) is 6.94. The summed E-state index contributed by atoms with van der Waals surface area (Å²) in [5.74, 6) is 0.485. The van der Waals surface area contributed by atoms with Crippen molar-refractivity contribution < 1.29 is 19.2 Å². The Labute approximate surface area is 151 Å². The van der Waals surface area contributed by atoms with Crippen LogP contribution in [0.5, 0.6) is 0 Å². The maximum Gasteiger partial charge on any atom is 0.307 e. The molecular weight excluding hydrogens is 334 g/mol. The molecule has 7 heteroatoms. The summed E-state index contributed by atoms with van der Waals surface area (Å²) in [6, 6.07) is 3.74. The summed E-state index contributed by atoms with van der Waals surface area (Å²) in [5.41, 5.74) is 2.37. The number of nitrogens with zero attached hydrogens (tertiary/aromatic N) is 3. The van der Waals surface area contributed by atoms with Crippen LogP contribution in [0.25, 0.3) is 5.82 Å². The van der Waals surface area contributed by atoms with Crippen LogP contribution in [0.2, 0.25) is 0 Å². The van der Waals surface area contributed by atoms with E-state index < -0.39 is 5.97 Å². The summed E-state index contributed by atoms with van der Waals surface area (Å²) in [4.78, 5) is 26.1. The van der Waals surface area contributed by atoms with Crippen LogP contribution < -0.4 is 0 Å². The number of carboxylic acids is 1. The van der Waals surface area contributed by atoms with E-state index in [1.54, 1.807) is 0 Å². The zero-order chi connectivity index (χ0) is 18.6. The summed E-state index contributed by atoms with van der Waals surface area (Å²) < 4.78 is 7.09. The lowest BCUT2D eigenvalue weighted by Crippen LogP contribution is -2.40. The number of aryl methyl sites for hydroxylation is 2. The highest BCUT2D eigenvalue weighted by Gasteiger charge is 2.59. The van der Waals surface area contributed by atoms with E-state index in [0.717, 1.165) is 36.4 Å². The molecule has 1 spiro atoms. The second-order valence-electron chi connectivity index (χ2n) is 7.67. The molecule has 2 aliphatic rings. The Morgan fingerprint density at radius 1 is 1.23 bits per heavy atom. The van der Waals surface area contributed by atoms with E-state index in [1.807, 2.05) is 42.4 Å². The van der Waals surface area contributed by atoms with Gasteiger partial charge in [0.2, 0.25) is 0 Å². The Kier molecular flexibility index (Phi) is 3.71. The molecule has 138 valence electrons. The number of hydrogen-bond acceptors (Lipinski definition) is 4. The van der Waals surface area contributed by atoms with Gasteiger partial charge in [0.05, 0.1) is 11.5 Å². The highest BCUT2D eigenvalue weighted by molar-refractivity contribution is 5.96. The molecule has 7 nitrogen and oxygen atoms in total. The minimum atomic E-state index is -0.698. The summed E-state index contributed by atoms with van der Waals surface area (Å²) in [7, 11) is 0. The van der Waals surface area contributed by atoms with E-state index >= 15 is 0 Å². The number of rotatable bonds is 3. The van der Waals surface area contributed by atoms with Gasteiger partial charge < -0.3 is 14.5 Å².